The first kappa shape index (κ1) is 26.6. The maximum atomic E-state index is 15.8. The molecule has 5 aromatic carbocycles. The van der Waals surface area contributed by atoms with Crippen LogP contribution in [0, 0.1) is 11.8 Å². The Morgan fingerprint density at radius 3 is 1.23 bits per heavy atom. The quantitative estimate of drug-likeness (QED) is 0.199. The van der Waals surface area contributed by atoms with Crippen molar-refractivity contribution in [3.05, 3.63) is 173 Å². The van der Waals surface area contributed by atoms with Gasteiger partial charge in [-0.2, -0.15) is 0 Å². The van der Waals surface area contributed by atoms with Crippen LogP contribution in [0.15, 0.2) is 146 Å². The highest BCUT2D eigenvalue weighted by atomic mass is 35.5. The van der Waals surface area contributed by atoms with Crippen molar-refractivity contribution < 1.29 is 14.4 Å². The molecule has 4 atom stereocenters. The topological polar surface area (TPSA) is 54.5 Å². The van der Waals surface area contributed by atoms with Gasteiger partial charge in [0.05, 0.1) is 28.4 Å². The van der Waals surface area contributed by atoms with E-state index in [1.54, 1.807) is 24.3 Å². The van der Waals surface area contributed by atoms with Crippen molar-refractivity contribution in [3.63, 3.8) is 0 Å². The van der Waals surface area contributed by atoms with Crippen LogP contribution in [0.4, 0.5) is 5.69 Å². The summed E-state index contributed by atoms with van der Waals surface area (Å²) in [6.07, 6.45) is 0. The van der Waals surface area contributed by atoms with Crippen LogP contribution in [0.1, 0.15) is 22.3 Å². The molecule has 44 heavy (non-hydrogen) atoms. The number of benzene rings is 5. The van der Waals surface area contributed by atoms with E-state index in [-0.39, 0.29) is 17.6 Å². The fourth-order valence-electron chi connectivity index (χ4n) is 8.18. The van der Waals surface area contributed by atoms with Gasteiger partial charge >= 0.3 is 0 Å². The fourth-order valence-corrected chi connectivity index (χ4v) is 8.30. The number of ketones is 1. The number of rotatable bonds is 5. The number of fused-ring (bicyclic) bond motifs is 5. The van der Waals surface area contributed by atoms with E-state index in [1.807, 2.05) is 121 Å². The highest BCUT2D eigenvalue weighted by Gasteiger charge is 2.82. The standard InChI is InChI=1S/C39H26ClNO3/c40-29-21-23-30(24-22-29)41-35(42)33-34(36(41)43)39(28-19-11-4-12-20-28)32(26-15-7-2-8-16-26)31(25-13-5-1-6-14-25)38(33,37(39)44)27-17-9-3-10-18-27/h1-24,33-34H. The molecule has 0 aromatic heterocycles. The summed E-state index contributed by atoms with van der Waals surface area (Å²) in [4.78, 5) is 46.8. The smallest absolute Gasteiger partial charge is 0.239 e. The molecule has 1 heterocycles. The molecule has 0 N–H and O–H groups in total. The Morgan fingerprint density at radius 2 is 0.841 bits per heavy atom. The highest BCUT2D eigenvalue weighted by Crippen LogP contribution is 2.74. The van der Waals surface area contributed by atoms with Crippen molar-refractivity contribution in [2.24, 2.45) is 11.8 Å². The molecule has 2 bridgehead atoms. The van der Waals surface area contributed by atoms with Gasteiger partial charge in [-0.3, -0.25) is 14.4 Å². The summed E-state index contributed by atoms with van der Waals surface area (Å²) in [5.74, 6) is -2.80. The van der Waals surface area contributed by atoms with Gasteiger partial charge in [0.25, 0.3) is 0 Å². The molecule has 4 unspecified atom stereocenters. The molecule has 4 nitrogen and oxygen atoms in total. The number of halogens is 1. The predicted octanol–water partition coefficient (Wildman–Crippen LogP) is 7.53. The number of carbonyl (C=O) groups excluding carboxylic acids is 3. The molecule has 3 aliphatic rings. The van der Waals surface area contributed by atoms with Crippen LogP contribution in [-0.4, -0.2) is 17.6 Å². The second kappa shape index (κ2) is 9.73. The zero-order chi connectivity index (χ0) is 30.1. The Hall–Kier alpha value is -5.06. The van der Waals surface area contributed by atoms with Crippen LogP contribution < -0.4 is 4.90 Å². The van der Waals surface area contributed by atoms with E-state index in [1.165, 1.54) is 4.90 Å². The summed E-state index contributed by atoms with van der Waals surface area (Å²) in [5, 5.41) is 0.504. The lowest BCUT2D eigenvalue weighted by Crippen LogP contribution is -2.45. The molecule has 1 aliphatic heterocycles. The first-order chi connectivity index (χ1) is 21.5. The van der Waals surface area contributed by atoms with E-state index in [4.69, 9.17) is 11.6 Å². The number of imide groups is 1. The third-order valence-corrected chi connectivity index (χ3v) is 9.91. The van der Waals surface area contributed by atoms with Crippen molar-refractivity contribution in [2.75, 3.05) is 4.90 Å². The van der Waals surface area contributed by atoms with Gasteiger partial charge in [0.2, 0.25) is 11.8 Å². The first-order valence-corrected chi connectivity index (χ1v) is 15.1. The van der Waals surface area contributed by atoms with Gasteiger partial charge in [-0.25, -0.2) is 4.90 Å². The van der Waals surface area contributed by atoms with E-state index < -0.39 is 22.7 Å². The lowest BCUT2D eigenvalue weighted by molar-refractivity contribution is -0.130. The van der Waals surface area contributed by atoms with Crippen molar-refractivity contribution in [1.82, 2.24) is 0 Å². The van der Waals surface area contributed by atoms with Crippen molar-refractivity contribution in [1.29, 1.82) is 0 Å². The minimum absolute atomic E-state index is 0.132. The average Bonchev–Trinajstić information content (AvgIpc) is 3.59. The molecule has 1 saturated heterocycles. The van der Waals surface area contributed by atoms with Crippen LogP contribution in [0.2, 0.25) is 5.02 Å². The SMILES string of the molecule is O=C1C2C(C(=O)N1c1ccc(Cl)cc1)C1(c3ccccc3)C(=O)C2(c2ccccc2)C(c2ccccc2)=C1c1ccccc1. The second-order valence-corrected chi connectivity index (χ2v) is 12.0. The van der Waals surface area contributed by atoms with Gasteiger partial charge in [-0.15, -0.1) is 0 Å². The highest BCUT2D eigenvalue weighted by molar-refractivity contribution is 6.39. The summed E-state index contributed by atoms with van der Waals surface area (Å²) >= 11 is 6.20. The number of amides is 2. The molecule has 5 aromatic rings. The number of hydrogen-bond donors (Lipinski definition) is 0. The Labute approximate surface area is 260 Å². The lowest BCUT2D eigenvalue weighted by atomic mass is 9.59. The predicted molar refractivity (Wildman–Crippen MR) is 172 cm³/mol. The number of carbonyl (C=O) groups is 3. The Bertz CT molecular complexity index is 1850. The minimum Gasteiger partial charge on any atom is -0.297 e. The summed E-state index contributed by atoms with van der Waals surface area (Å²) in [5.41, 5.74) is 2.30. The van der Waals surface area contributed by atoms with Crippen molar-refractivity contribution in [2.45, 2.75) is 10.8 Å². The zero-order valence-corrected chi connectivity index (χ0v) is 24.3. The third kappa shape index (κ3) is 3.26. The fraction of sp³-hybridized carbons (Fsp3) is 0.103. The van der Waals surface area contributed by atoms with Gasteiger partial charge in [-0.05, 0) is 57.7 Å². The number of Topliss-reactive ketones (excluding diaryl/α,β-unsaturated/α-hetero) is 1. The molecule has 212 valence electrons. The Balaban J connectivity index is 1.55. The van der Waals surface area contributed by atoms with Crippen LogP contribution in [0.3, 0.4) is 0 Å². The van der Waals surface area contributed by atoms with E-state index >= 15 is 4.79 Å². The first-order valence-electron chi connectivity index (χ1n) is 14.7. The summed E-state index contributed by atoms with van der Waals surface area (Å²) < 4.78 is 0. The summed E-state index contributed by atoms with van der Waals surface area (Å²) in [6.45, 7) is 0. The minimum atomic E-state index is -1.41. The van der Waals surface area contributed by atoms with Crippen LogP contribution >= 0.6 is 11.6 Å². The van der Waals surface area contributed by atoms with Gasteiger partial charge in [0.1, 0.15) is 0 Å². The number of hydrogen-bond acceptors (Lipinski definition) is 3. The Kier molecular flexibility index (Phi) is 5.87. The molecule has 2 aliphatic carbocycles. The van der Waals surface area contributed by atoms with Gasteiger partial charge in [-0.1, -0.05) is 133 Å². The number of allylic oxidation sites excluding steroid dienone is 2. The van der Waals surface area contributed by atoms with Gasteiger partial charge < -0.3 is 0 Å². The molecular weight excluding hydrogens is 566 g/mol. The maximum Gasteiger partial charge on any atom is 0.239 e. The van der Waals surface area contributed by atoms with Gasteiger partial charge in [0, 0.05) is 5.02 Å². The van der Waals surface area contributed by atoms with E-state index in [9.17, 15) is 9.59 Å². The normalized spacial score (nSPS) is 25.6. The molecule has 2 amide bonds. The maximum absolute atomic E-state index is 15.8. The monoisotopic (exact) mass is 591 g/mol. The van der Waals surface area contributed by atoms with E-state index in [0.717, 1.165) is 22.3 Å². The van der Waals surface area contributed by atoms with E-state index in [0.29, 0.717) is 21.8 Å². The zero-order valence-electron chi connectivity index (χ0n) is 23.6. The van der Waals surface area contributed by atoms with Crippen LogP contribution in [-0.2, 0) is 25.2 Å². The molecule has 0 radical (unpaired) electrons. The molecule has 8 rings (SSSR count). The summed E-state index contributed by atoms with van der Waals surface area (Å²) in [6, 6.07) is 45.6. The molecule has 2 fully saturated rings. The lowest BCUT2D eigenvalue weighted by Gasteiger charge is -2.39. The number of anilines is 1. The molecule has 1 saturated carbocycles. The summed E-state index contributed by atoms with van der Waals surface area (Å²) in [7, 11) is 0. The Morgan fingerprint density at radius 1 is 0.477 bits per heavy atom. The van der Waals surface area contributed by atoms with E-state index in [2.05, 4.69) is 0 Å². The third-order valence-electron chi connectivity index (χ3n) is 9.66. The molecule has 0 spiro atoms. The molecular formula is C39H26ClNO3. The van der Waals surface area contributed by atoms with Crippen LogP contribution in [0.25, 0.3) is 11.1 Å². The average molecular weight is 592 g/mol. The van der Waals surface area contributed by atoms with Crippen molar-refractivity contribution in [3.8, 4) is 0 Å². The van der Waals surface area contributed by atoms with Gasteiger partial charge in [0.15, 0.2) is 5.78 Å². The number of nitrogens with zero attached hydrogens (tertiary/aromatic N) is 1. The van der Waals surface area contributed by atoms with Crippen LogP contribution in [0.5, 0.6) is 0 Å². The van der Waals surface area contributed by atoms with Crippen molar-refractivity contribution >= 4 is 46.0 Å². The molecule has 5 heteroatoms. The second-order valence-electron chi connectivity index (χ2n) is 11.6. The largest absolute Gasteiger partial charge is 0.297 e.